The molecule has 0 aromatic heterocycles. The highest BCUT2D eigenvalue weighted by molar-refractivity contribution is 8.26. The fourth-order valence-corrected chi connectivity index (χ4v) is 4.24. The highest BCUT2D eigenvalue weighted by atomic mass is 32.2. The summed E-state index contributed by atoms with van der Waals surface area (Å²) in [6.45, 7) is 0.333. The van der Waals surface area contributed by atoms with Gasteiger partial charge >= 0.3 is 5.97 Å². The van der Waals surface area contributed by atoms with E-state index in [1.165, 1.54) is 40.9 Å². The molecule has 9 heteroatoms. The van der Waals surface area contributed by atoms with E-state index in [0.717, 1.165) is 5.56 Å². The lowest BCUT2D eigenvalue weighted by Gasteiger charge is -2.14. The van der Waals surface area contributed by atoms with Crippen LogP contribution in [-0.2, 0) is 9.59 Å². The minimum atomic E-state index is -1.03. The van der Waals surface area contributed by atoms with Gasteiger partial charge in [0.05, 0.1) is 17.6 Å². The van der Waals surface area contributed by atoms with E-state index >= 15 is 0 Å². The Kier molecular flexibility index (Phi) is 7.43. The van der Waals surface area contributed by atoms with Crippen molar-refractivity contribution in [3.63, 3.8) is 0 Å². The number of carboxylic acids is 1. The highest BCUT2D eigenvalue weighted by Gasteiger charge is 2.31. The maximum absolute atomic E-state index is 12.7. The molecule has 1 saturated heterocycles. The van der Waals surface area contributed by atoms with Gasteiger partial charge in [0.25, 0.3) is 5.91 Å². The second-order valence-electron chi connectivity index (χ2n) is 6.61. The van der Waals surface area contributed by atoms with Crippen molar-refractivity contribution in [1.29, 1.82) is 0 Å². The van der Waals surface area contributed by atoms with Gasteiger partial charge in [0, 0.05) is 24.2 Å². The number of carboxylic acid groups (broad SMARTS) is 1. The lowest BCUT2D eigenvalue weighted by molar-refractivity contribution is -0.122. The molecule has 160 valence electrons. The first-order chi connectivity index (χ1) is 14.9. The van der Waals surface area contributed by atoms with E-state index in [4.69, 9.17) is 22.1 Å². The van der Waals surface area contributed by atoms with Crippen LogP contribution < -0.4 is 10.1 Å². The van der Waals surface area contributed by atoms with Crippen molar-refractivity contribution < 1.29 is 24.2 Å². The highest BCUT2D eigenvalue weighted by Crippen LogP contribution is 2.34. The maximum Gasteiger partial charge on any atom is 0.335 e. The van der Waals surface area contributed by atoms with E-state index in [0.29, 0.717) is 33.6 Å². The fourth-order valence-electron chi connectivity index (χ4n) is 2.94. The lowest BCUT2D eigenvalue weighted by atomic mass is 10.2. The Balaban J connectivity index is 1.54. The molecule has 2 amide bonds. The molecule has 1 aliphatic rings. The van der Waals surface area contributed by atoms with Crippen molar-refractivity contribution in [2.45, 2.75) is 12.8 Å². The predicted molar refractivity (Wildman–Crippen MR) is 124 cm³/mol. The Hall–Kier alpha value is -3.17. The second-order valence-corrected chi connectivity index (χ2v) is 8.29. The summed E-state index contributed by atoms with van der Waals surface area (Å²) in [6.07, 6.45) is 2.39. The molecule has 1 aliphatic heterocycles. The van der Waals surface area contributed by atoms with Gasteiger partial charge in [0.15, 0.2) is 0 Å². The van der Waals surface area contributed by atoms with Gasteiger partial charge in [-0.25, -0.2) is 4.79 Å². The molecule has 2 aromatic rings. The van der Waals surface area contributed by atoms with E-state index in [2.05, 4.69) is 5.32 Å². The standard InChI is InChI=1S/C22H20N2O5S2/c1-29-17-6-3-2-5-15(17)13-18-20(26)24(22(30)31-18)12-4-7-19(25)23-16-10-8-14(9-11-16)21(27)28/h2-3,5-6,8-11,13H,4,7,12H2,1H3,(H,23,25)(H,27,28)/b18-13-. The third-order valence-electron chi connectivity index (χ3n) is 4.50. The van der Waals surface area contributed by atoms with Gasteiger partial charge in [-0.3, -0.25) is 14.5 Å². The number of carbonyl (C=O) groups excluding carboxylic acids is 2. The van der Waals surface area contributed by atoms with Gasteiger partial charge in [-0.15, -0.1) is 0 Å². The predicted octanol–water partition coefficient (Wildman–Crippen LogP) is 4.01. The number of ether oxygens (including phenoxy) is 1. The maximum atomic E-state index is 12.7. The summed E-state index contributed by atoms with van der Waals surface area (Å²) in [6, 6.07) is 13.3. The van der Waals surface area contributed by atoms with Crippen LogP contribution in [0.25, 0.3) is 6.08 Å². The monoisotopic (exact) mass is 456 g/mol. The molecule has 2 aromatic carbocycles. The molecule has 0 bridgehead atoms. The SMILES string of the molecule is COc1ccccc1/C=C1\SC(=S)N(CCCC(=O)Nc2ccc(C(=O)O)cc2)C1=O. The number of nitrogens with zero attached hydrogens (tertiary/aromatic N) is 1. The van der Waals surface area contributed by atoms with Crippen LogP contribution >= 0.6 is 24.0 Å². The van der Waals surface area contributed by atoms with Gasteiger partial charge in [0.1, 0.15) is 10.1 Å². The third-order valence-corrected chi connectivity index (χ3v) is 5.88. The summed E-state index contributed by atoms with van der Waals surface area (Å²) in [7, 11) is 1.57. The zero-order valence-corrected chi connectivity index (χ0v) is 18.3. The number of thiocarbonyl (C=S) groups is 1. The molecule has 0 spiro atoms. The molecule has 2 N–H and O–H groups in total. The number of methoxy groups -OCH3 is 1. The third kappa shape index (κ3) is 5.71. The fraction of sp³-hybridized carbons (Fsp3) is 0.182. The first-order valence-electron chi connectivity index (χ1n) is 9.40. The van der Waals surface area contributed by atoms with Crippen molar-refractivity contribution in [1.82, 2.24) is 4.90 Å². The van der Waals surface area contributed by atoms with Crippen molar-refractivity contribution in [2.24, 2.45) is 0 Å². The van der Waals surface area contributed by atoms with Gasteiger partial charge in [-0.1, -0.05) is 42.2 Å². The number of aromatic carboxylic acids is 1. The van der Waals surface area contributed by atoms with Crippen LogP contribution in [0.5, 0.6) is 5.75 Å². The molecule has 0 atom stereocenters. The molecule has 3 rings (SSSR count). The minimum Gasteiger partial charge on any atom is -0.496 e. The van der Waals surface area contributed by atoms with Gasteiger partial charge in [-0.05, 0) is 42.8 Å². The average molecular weight is 457 g/mol. The van der Waals surface area contributed by atoms with Crippen LogP contribution in [0.4, 0.5) is 5.69 Å². The van der Waals surface area contributed by atoms with Crippen LogP contribution in [0.15, 0.2) is 53.4 Å². The van der Waals surface area contributed by atoms with Crippen molar-refractivity contribution in [3.8, 4) is 5.75 Å². The van der Waals surface area contributed by atoms with E-state index in [-0.39, 0.29) is 23.8 Å². The molecule has 7 nitrogen and oxygen atoms in total. The number of hydrogen-bond donors (Lipinski definition) is 2. The van der Waals surface area contributed by atoms with Crippen LogP contribution in [0, 0.1) is 0 Å². The van der Waals surface area contributed by atoms with Gasteiger partial charge < -0.3 is 15.2 Å². The number of hydrogen-bond acceptors (Lipinski definition) is 6. The summed E-state index contributed by atoms with van der Waals surface area (Å²) < 4.78 is 5.77. The number of para-hydroxylation sites is 1. The number of thioether (sulfide) groups is 1. The van der Waals surface area contributed by atoms with E-state index in [9.17, 15) is 14.4 Å². The first-order valence-corrected chi connectivity index (χ1v) is 10.6. The van der Waals surface area contributed by atoms with E-state index in [1.807, 2.05) is 24.3 Å². The number of carbonyl (C=O) groups is 3. The zero-order chi connectivity index (χ0) is 22.4. The summed E-state index contributed by atoms with van der Waals surface area (Å²) >= 11 is 6.56. The molecular formula is C22H20N2O5S2. The lowest BCUT2D eigenvalue weighted by Crippen LogP contribution is -2.29. The van der Waals surface area contributed by atoms with Crippen molar-refractivity contribution in [2.75, 3.05) is 19.0 Å². The molecule has 0 saturated carbocycles. The Morgan fingerprint density at radius 1 is 1.19 bits per heavy atom. The molecule has 0 aliphatic carbocycles. The van der Waals surface area contributed by atoms with Crippen LogP contribution in [-0.4, -0.2) is 45.8 Å². The number of nitrogens with one attached hydrogen (secondary N) is 1. The second kappa shape index (κ2) is 10.2. The molecule has 0 unspecified atom stereocenters. The normalized spacial score (nSPS) is 14.7. The van der Waals surface area contributed by atoms with Gasteiger partial charge in [-0.2, -0.15) is 0 Å². The summed E-state index contributed by atoms with van der Waals surface area (Å²) in [4.78, 5) is 37.8. The van der Waals surface area contributed by atoms with E-state index < -0.39 is 5.97 Å². The zero-order valence-electron chi connectivity index (χ0n) is 16.7. The Bertz CT molecular complexity index is 1050. The smallest absolute Gasteiger partial charge is 0.335 e. The van der Waals surface area contributed by atoms with Crippen LogP contribution in [0.3, 0.4) is 0 Å². The number of benzene rings is 2. The molecule has 1 heterocycles. The topological polar surface area (TPSA) is 95.9 Å². The summed E-state index contributed by atoms with van der Waals surface area (Å²) in [5.41, 5.74) is 1.45. The number of anilines is 1. The Morgan fingerprint density at radius 2 is 1.90 bits per heavy atom. The molecule has 31 heavy (non-hydrogen) atoms. The first kappa shape index (κ1) is 22.5. The van der Waals surface area contributed by atoms with Crippen LogP contribution in [0.2, 0.25) is 0 Å². The summed E-state index contributed by atoms with van der Waals surface area (Å²) in [5, 5.41) is 11.6. The minimum absolute atomic E-state index is 0.147. The summed E-state index contributed by atoms with van der Waals surface area (Å²) in [5.74, 6) is -0.773. The number of amides is 2. The van der Waals surface area contributed by atoms with Crippen molar-refractivity contribution in [3.05, 3.63) is 64.6 Å². The molecule has 0 radical (unpaired) electrons. The van der Waals surface area contributed by atoms with Crippen LogP contribution in [0.1, 0.15) is 28.8 Å². The quantitative estimate of drug-likeness (QED) is 0.458. The molecular weight excluding hydrogens is 436 g/mol. The largest absolute Gasteiger partial charge is 0.496 e. The molecule has 1 fully saturated rings. The number of rotatable bonds is 8. The Labute approximate surface area is 189 Å². The van der Waals surface area contributed by atoms with E-state index in [1.54, 1.807) is 13.2 Å². The van der Waals surface area contributed by atoms with Crippen molar-refractivity contribution >= 4 is 57.8 Å². The van der Waals surface area contributed by atoms with Gasteiger partial charge in [0.2, 0.25) is 5.91 Å². The Morgan fingerprint density at radius 3 is 2.58 bits per heavy atom. The average Bonchev–Trinajstić information content (AvgIpc) is 3.02.